The molecule has 1 aromatic carbocycles. The molecular weight excluding hydrogens is 391 g/mol. The van der Waals surface area contributed by atoms with E-state index >= 15 is 0 Å². The summed E-state index contributed by atoms with van der Waals surface area (Å²) in [6, 6.07) is 5.22. The average Bonchev–Trinajstić information content (AvgIpc) is 3.00. The third-order valence-electron chi connectivity index (χ3n) is 4.53. The molecule has 4 rings (SSSR count). The number of fused-ring (bicyclic) bond motifs is 2. The lowest BCUT2D eigenvalue weighted by Gasteiger charge is -2.22. The van der Waals surface area contributed by atoms with Crippen LogP contribution in [0.3, 0.4) is 0 Å². The first kappa shape index (κ1) is 18.7. The van der Waals surface area contributed by atoms with Crippen molar-refractivity contribution < 1.29 is 18.0 Å². The summed E-state index contributed by atoms with van der Waals surface area (Å²) in [7, 11) is 0. The van der Waals surface area contributed by atoms with Crippen molar-refractivity contribution in [1.29, 1.82) is 0 Å². The second-order valence-corrected chi connectivity index (χ2v) is 8.07. The molecule has 0 fully saturated rings. The molecule has 3 heterocycles. The molecule has 0 saturated carbocycles. The van der Waals surface area contributed by atoms with Crippen LogP contribution >= 0.6 is 11.8 Å². The SMILES string of the molecule is Cc1ccnc2nc(C(=O)N3CCC(C)Sc4ccc(C(F)(F)F)cc43)nn12. The molecule has 28 heavy (non-hydrogen) atoms. The van der Waals surface area contributed by atoms with E-state index in [0.717, 1.165) is 17.8 Å². The van der Waals surface area contributed by atoms with Crippen LogP contribution in [0.25, 0.3) is 5.78 Å². The fourth-order valence-electron chi connectivity index (χ4n) is 3.04. The molecule has 0 spiro atoms. The van der Waals surface area contributed by atoms with Crippen LogP contribution in [-0.4, -0.2) is 37.3 Å². The minimum absolute atomic E-state index is 0.0929. The summed E-state index contributed by atoms with van der Waals surface area (Å²) in [5.74, 6) is -0.366. The van der Waals surface area contributed by atoms with Crippen molar-refractivity contribution >= 4 is 29.1 Å². The summed E-state index contributed by atoms with van der Waals surface area (Å²) in [6.07, 6.45) is -2.30. The van der Waals surface area contributed by atoms with Crippen molar-refractivity contribution in [3.05, 3.63) is 47.5 Å². The third-order valence-corrected chi connectivity index (χ3v) is 5.77. The normalized spacial score (nSPS) is 17.5. The highest BCUT2D eigenvalue weighted by Gasteiger charge is 2.34. The third kappa shape index (κ3) is 3.32. The van der Waals surface area contributed by atoms with Gasteiger partial charge in [-0.15, -0.1) is 16.9 Å². The summed E-state index contributed by atoms with van der Waals surface area (Å²) in [4.78, 5) is 23.3. The number of aryl methyl sites for hydroxylation is 1. The summed E-state index contributed by atoms with van der Waals surface area (Å²) in [6.45, 7) is 4.06. The Morgan fingerprint density at radius 2 is 2.07 bits per heavy atom. The zero-order valence-corrected chi connectivity index (χ0v) is 15.9. The molecule has 0 bridgehead atoms. The van der Waals surface area contributed by atoms with E-state index in [1.807, 2.05) is 6.92 Å². The second-order valence-electron chi connectivity index (χ2n) is 6.59. The van der Waals surface area contributed by atoms with E-state index in [1.165, 1.54) is 27.2 Å². The molecule has 2 aromatic heterocycles. The van der Waals surface area contributed by atoms with Gasteiger partial charge in [-0.3, -0.25) is 4.79 Å². The lowest BCUT2D eigenvalue weighted by molar-refractivity contribution is -0.137. The van der Waals surface area contributed by atoms with Gasteiger partial charge in [0.2, 0.25) is 5.82 Å². The van der Waals surface area contributed by atoms with Gasteiger partial charge < -0.3 is 4.90 Å². The van der Waals surface area contributed by atoms with E-state index in [2.05, 4.69) is 15.1 Å². The van der Waals surface area contributed by atoms with Crippen LogP contribution in [0.5, 0.6) is 0 Å². The highest BCUT2D eigenvalue weighted by molar-refractivity contribution is 8.00. The number of benzene rings is 1. The maximum absolute atomic E-state index is 13.2. The number of carbonyl (C=O) groups excluding carboxylic acids is 1. The number of carbonyl (C=O) groups is 1. The molecule has 10 heteroatoms. The monoisotopic (exact) mass is 407 g/mol. The molecule has 0 saturated heterocycles. The fourth-order valence-corrected chi connectivity index (χ4v) is 4.13. The number of nitrogens with zero attached hydrogens (tertiary/aromatic N) is 5. The van der Waals surface area contributed by atoms with Gasteiger partial charge in [0.25, 0.3) is 11.7 Å². The predicted molar refractivity (Wildman–Crippen MR) is 98.6 cm³/mol. The van der Waals surface area contributed by atoms with Gasteiger partial charge in [0.05, 0.1) is 11.3 Å². The van der Waals surface area contributed by atoms with E-state index in [0.29, 0.717) is 11.3 Å². The Morgan fingerprint density at radius 1 is 1.29 bits per heavy atom. The molecule has 146 valence electrons. The molecule has 3 aromatic rings. The Bertz CT molecular complexity index is 1070. The summed E-state index contributed by atoms with van der Waals surface area (Å²) in [5, 5.41) is 4.36. The molecule has 1 amide bonds. The first-order valence-electron chi connectivity index (χ1n) is 8.62. The summed E-state index contributed by atoms with van der Waals surface area (Å²) in [5.41, 5.74) is 0.189. The van der Waals surface area contributed by atoms with Crippen molar-refractivity contribution in [3.63, 3.8) is 0 Å². The fraction of sp³-hybridized carbons (Fsp3) is 0.333. The first-order chi connectivity index (χ1) is 13.2. The van der Waals surface area contributed by atoms with Crippen molar-refractivity contribution in [1.82, 2.24) is 19.6 Å². The number of thioether (sulfide) groups is 1. The van der Waals surface area contributed by atoms with Crippen LogP contribution in [0.15, 0.2) is 35.4 Å². The molecule has 6 nitrogen and oxygen atoms in total. The van der Waals surface area contributed by atoms with Gasteiger partial charge in [0, 0.05) is 28.6 Å². The first-order valence-corrected chi connectivity index (χ1v) is 9.50. The highest BCUT2D eigenvalue weighted by Crippen LogP contribution is 2.41. The molecule has 0 radical (unpaired) electrons. The Hall–Kier alpha value is -2.62. The predicted octanol–water partition coefficient (Wildman–Crippen LogP) is 3.98. The largest absolute Gasteiger partial charge is 0.416 e. The molecular formula is C18H16F3N5OS. The van der Waals surface area contributed by atoms with Crippen molar-refractivity contribution in [2.24, 2.45) is 0 Å². The van der Waals surface area contributed by atoms with Gasteiger partial charge in [-0.1, -0.05) is 6.92 Å². The zero-order chi connectivity index (χ0) is 20.1. The number of hydrogen-bond donors (Lipinski definition) is 0. The van der Waals surface area contributed by atoms with Crippen molar-refractivity contribution in [2.75, 3.05) is 11.4 Å². The number of rotatable bonds is 1. The average molecular weight is 407 g/mol. The lowest BCUT2D eigenvalue weighted by atomic mass is 10.1. The number of alkyl halides is 3. The second kappa shape index (κ2) is 6.77. The molecule has 1 aliphatic rings. The van der Waals surface area contributed by atoms with E-state index < -0.39 is 17.6 Å². The van der Waals surface area contributed by atoms with E-state index in [4.69, 9.17) is 0 Å². The van der Waals surface area contributed by atoms with Gasteiger partial charge in [0.1, 0.15) is 0 Å². The summed E-state index contributed by atoms with van der Waals surface area (Å²) < 4.78 is 41.1. The number of halogens is 3. The van der Waals surface area contributed by atoms with E-state index in [9.17, 15) is 18.0 Å². The topological polar surface area (TPSA) is 63.4 Å². The van der Waals surface area contributed by atoms with Gasteiger partial charge in [0.15, 0.2) is 0 Å². The zero-order valence-electron chi connectivity index (χ0n) is 15.1. The Labute approximate surface area is 162 Å². The van der Waals surface area contributed by atoms with E-state index in [-0.39, 0.29) is 29.1 Å². The van der Waals surface area contributed by atoms with Crippen LogP contribution in [0.4, 0.5) is 18.9 Å². The van der Waals surface area contributed by atoms with Crippen molar-refractivity contribution in [2.45, 2.75) is 36.6 Å². The standard InChI is InChI=1S/C18H16F3N5OS/c1-10-5-7-22-17-23-15(24-26(10)17)16(27)25-8-6-11(2)28-14-4-3-12(9-13(14)25)18(19,20)21/h3-5,7,9,11H,6,8H2,1-2H3. The highest BCUT2D eigenvalue weighted by atomic mass is 32.2. The maximum atomic E-state index is 13.2. The van der Waals surface area contributed by atoms with Gasteiger partial charge in [-0.05, 0) is 37.6 Å². The number of hydrogen-bond acceptors (Lipinski definition) is 5. The van der Waals surface area contributed by atoms with Gasteiger partial charge >= 0.3 is 6.18 Å². The molecule has 1 unspecified atom stereocenters. The lowest BCUT2D eigenvalue weighted by Crippen LogP contribution is -2.33. The Kier molecular flexibility index (Phi) is 4.53. The molecule has 1 aliphatic heterocycles. The quantitative estimate of drug-likeness (QED) is 0.611. The molecule has 1 atom stereocenters. The number of aromatic nitrogens is 4. The minimum Gasteiger partial charge on any atom is -0.304 e. The number of amides is 1. The van der Waals surface area contributed by atoms with Crippen LogP contribution in [0.2, 0.25) is 0 Å². The number of anilines is 1. The van der Waals surface area contributed by atoms with E-state index in [1.54, 1.807) is 19.2 Å². The Balaban J connectivity index is 1.80. The van der Waals surface area contributed by atoms with Crippen LogP contribution < -0.4 is 4.90 Å². The van der Waals surface area contributed by atoms with Gasteiger partial charge in [-0.25, -0.2) is 9.50 Å². The van der Waals surface area contributed by atoms with Crippen LogP contribution in [0, 0.1) is 6.92 Å². The van der Waals surface area contributed by atoms with Crippen LogP contribution in [0.1, 0.15) is 35.2 Å². The van der Waals surface area contributed by atoms with Crippen molar-refractivity contribution in [3.8, 4) is 0 Å². The molecule has 0 N–H and O–H groups in total. The minimum atomic E-state index is -4.49. The summed E-state index contributed by atoms with van der Waals surface area (Å²) >= 11 is 1.46. The molecule has 0 aliphatic carbocycles. The van der Waals surface area contributed by atoms with Gasteiger partial charge in [-0.2, -0.15) is 18.2 Å². The smallest absolute Gasteiger partial charge is 0.304 e. The maximum Gasteiger partial charge on any atom is 0.416 e. The Morgan fingerprint density at radius 3 is 2.79 bits per heavy atom. The van der Waals surface area contributed by atoms with Crippen LogP contribution in [-0.2, 0) is 6.18 Å².